The minimum atomic E-state index is -3.78. The van der Waals surface area contributed by atoms with Crippen molar-refractivity contribution in [2.45, 2.75) is 4.90 Å². The van der Waals surface area contributed by atoms with Crippen molar-refractivity contribution in [3.63, 3.8) is 0 Å². The minimum Gasteiger partial charge on any atom is -0.263 e. The van der Waals surface area contributed by atoms with Gasteiger partial charge in [0.05, 0.1) is 22.0 Å². The number of aromatic nitrogens is 1. The molecule has 0 aliphatic heterocycles. The van der Waals surface area contributed by atoms with E-state index in [9.17, 15) is 8.42 Å². The van der Waals surface area contributed by atoms with Gasteiger partial charge in [0.15, 0.2) is 0 Å². The second-order valence-electron chi connectivity index (χ2n) is 4.63. The van der Waals surface area contributed by atoms with Gasteiger partial charge in [-0.1, -0.05) is 24.3 Å². The van der Waals surface area contributed by atoms with Crippen LogP contribution < -0.4 is 4.72 Å². The van der Waals surface area contributed by atoms with E-state index in [4.69, 9.17) is 5.26 Å². The molecule has 0 fully saturated rings. The molecule has 0 amide bonds. The van der Waals surface area contributed by atoms with Crippen LogP contribution in [0.15, 0.2) is 65.6 Å². The van der Waals surface area contributed by atoms with Gasteiger partial charge in [-0.05, 0) is 36.4 Å². The van der Waals surface area contributed by atoms with Crippen molar-refractivity contribution in [3.05, 3.63) is 66.2 Å². The third-order valence-corrected chi connectivity index (χ3v) is 4.46. The molecule has 0 saturated heterocycles. The Hall–Kier alpha value is -2.91. The first-order valence-corrected chi connectivity index (χ1v) is 7.95. The number of rotatable bonds is 3. The third-order valence-electron chi connectivity index (χ3n) is 3.11. The zero-order chi connectivity index (χ0) is 15.6. The van der Waals surface area contributed by atoms with E-state index < -0.39 is 10.0 Å². The van der Waals surface area contributed by atoms with Gasteiger partial charge in [-0.15, -0.1) is 0 Å². The Balaban J connectivity index is 1.97. The van der Waals surface area contributed by atoms with Gasteiger partial charge in [0.1, 0.15) is 5.82 Å². The Morgan fingerprint density at radius 2 is 1.82 bits per heavy atom. The molecule has 3 rings (SSSR count). The topological polar surface area (TPSA) is 82.8 Å². The Morgan fingerprint density at radius 3 is 2.64 bits per heavy atom. The summed E-state index contributed by atoms with van der Waals surface area (Å²) in [6.45, 7) is 0. The van der Waals surface area contributed by atoms with Gasteiger partial charge in [-0.3, -0.25) is 4.72 Å². The van der Waals surface area contributed by atoms with Crippen LogP contribution in [0.3, 0.4) is 0 Å². The summed E-state index contributed by atoms with van der Waals surface area (Å²) in [5.74, 6) is 0.237. The standard InChI is InChI=1S/C16H11N3O2S/c17-11-12-4-3-6-14(10-12)22(20,21)19-16-9-8-13-5-1-2-7-15(13)18-16/h1-10H,(H,18,19). The van der Waals surface area contributed by atoms with Gasteiger partial charge < -0.3 is 0 Å². The van der Waals surface area contributed by atoms with Gasteiger partial charge in [0.25, 0.3) is 10.0 Å². The molecule has 1 heterocycles. The number of nitrogens with one attached hydrogen (secondary N) is 1. The first-order chi connectivity index (χ1) is 10.6. The number of pyridine rings is 1. The number of para-hydroxylation sites is 1. The van der Waals surface area contributed by atoms with Crippen LogP contribution in [0.25, 0.3) is 10.9 Å². The van der Waals surface area contributed by atoms with Gasteiger partial charge in [-0.2, -0.15) is 5.26 Å². The first-order valence-electron chi connectivity index (χ1n) is 6.47. The van der Waals surface area contributed by atoms with E-state index >= 15 is 0 Å². The summed E-state index contributed by atoms with van der Waals surface area (Å²) in [6.07, 6.45) is 0. The van der Waals surface area contributed by atoms with Crippen LogP contribution in [0.5, 0.6) is 0 Å². The quantitative estimate of drug-likeness (QED) is 0.806. The SMILES string of the molecule is N#Cc1cccc(S(=O)(=O)Nc2ccc3ccccc3n2)c1. The lowest BCUT2D eigenvalue weighted by Gasteiger charge is -2.08. The highest BCUT2D eigenvalue weighted by Crippen LogP contribution is 2.18. The van der Waals surface area contributed by atoms with Crippen LogP contribution in [-0.2, 0) is 10.0 Å². The fraction of sp³-hybridized carbons (Fsp3) is 0. The summed E-state index contributed by atoms with van der Waals surface area (Å²) in [7, 11) is -3.78. The monoisotopic (exact) mass is 309 g/mol. The smallest absolute Gasteiger partial charge is 0.263 e. The van der Waals surface area contributed by atoms with E-state index in [1.807, 2.05) is 30.3 Å². The fourth-order valence-corrected chi connectivity index (χ4v) is 3.10. The molecular weight excluding hydrogens is 298 g/mol. The second kappa shape index (κ2) is 5.47. The molecule has 0 spiro atoms. The number of sulfonamides is 1. The van der Waals surface area contributed by atoms with Crippen LogP contribution in [0, 0.1) is 11.3 Å². The lowest BCUT2D eigenvalue weighted by atomic mass is 10.2. The lowest BCUT2D eigenvalue weighted by Crippen LogP contribution is -2.14. The maximum atomic E-state index is 12.3. The van der Waals surface area contributed by atoms with Crippen molar-refractivity contribution in [2.24, 2.45) is 0 Å². The van der Waals surface area contributed by atoms with Gasteiger partial charge in [0, 0.05) is 5.39 Å². The predicted octanol–water partition coefficient (Wildman–Crippen LogP) is 2.91. The van der Waals surface area contributed by atoms with Crippen LogP contribution >= 0.6 is 0 Å². The number of nitriles is 1. The fourth-order valence-electron chi connectivity index (χ4n) is 2.05. The van der Waals surface area contributed by atoms with Crippen LogP contribution in [0.1, 0.15) is 5.56 Å². The summed E-state index contributed by atoms with van der Waals surface area (Å²) in [4.78, 5) is 4.30. The molecule has 1 aromatic heterocycles. The van der Waals surface area contributed by atoms with E-state index in [1.165, 1.54) is 18.2 Å². The molecule has 1 N–H and O–H groups in total. The highest BCUT2D eigenvalue weighted by atomic mass is 32.2. The molecule has 2 aromatic carbocycles. The molecule has 0 saturated carbocycles. The van der Waals surface area contributed by atoms with Gasteiger partial charge >= 0.3 is 0 Å². The maximum Gasteiger partial charge on any atom is 0.263 e. The van der Waals surface area contributed by atoms with Crippen molar-refractivity contribution in [2.75, 3.05) is 4.72 Å². The summed E-state index contributed by atoms with van der Waals surface area (Å²) in [6, 6.07) is 18.6. The molecule has 0 unspecified atom stereocenters. The summed E-state index contributed by atoms with van der Waals surface area (Å²) in [5.41, 5.74) is 0.989. The zero-order valence-electron chi connectivity index (χ0n) is 11.4. The molecule has 108 valence electrons. The number of nitrogens with zero attached hydrogens (tertiary/aromatic N) is 2. The number of benzene rings is 2. The third kappa shape index (κ3) is 2.75. The van der Waals surface area contributed by atoms with Crippen molar-refractivity contribution in [1.29, 1.82) is 5.26 Å². The number of fused-ring (bicyclic) bond motifs is 1. The van der Waals surface area contributed by atoms with E-state index in [2.05, 4.69) is 9.71 Å². The van der Waals surface area contributed by atoms with Crippen LogP contribution in [-0.4, -0.2) is 13.4 Å². The van der Waals surface area contributed by atoms with Gasteiger partial charge in [0.2, 0.25) is 0 Å². The normalized spacial score (nSPS) is 11.0. The van der Waals surface area contributed by atoms with E-state index in [0.29, 0.717) is 5.52 Å². The molecule has 0 bridgehead atoms. The second-order valence-corrected chi connectivity index (χ2v) is 6.32. The molecule has 0 aliphatic carbocycles. The number of anilines is 1. The molecule has 0 aliphatic rings. The number of hydrogen-bond donors (Lipinski definition) is 1. The van der Waals surface area contributed by atoms with Gasteiger partial charge in [-0.25, -0.2) is 13.4 Å². The lowest BCUT2D eigenvalue weighted by molar-refractivity contribution is 0.601. The van der Waals surface area contributed by atoms with E-state index in [1.54, 1.807) is 18.2 Å². The van der Waals surface area contributed by atoms with Crippen molar-refractivity contribution < 1.29 is 8.42 Å². The van der Waals surface area contributed by atoms with E-state index in [-0.39, 0.29) is 16.3 Å². The average Bonchev–Trinajstić information content (AvgIpc) is 2.54. The van der Waals surface area contributed by atoms with Crippen LogP contribution in [0.4, 0.5) is 5.82 Å². The average molecular weight is 309 g/mol. The molecular formula is C16H11N3O2S. The zero-order valence-corrected chi connectivity index (χ0v) is 12.2. The van der Waals surface area contributed by atoms with Crippen LogP contribution in [0.2, 0.25) is 0 Å². The number of hydrogen-bond acceptors (Lipinski definition) is 4. The first kappa shape index (κ1) is 14.0. The largest absolute Gasteiger partial charge is 0.263 e. The molecule has 5 nitrogen and oxygen atoms in total. The predicted molar refractivity (Wildman–Crippen MR) is 83.7 cm³/mol. The summed E-state index contributed by atoms with van der Waals surface area (Å²) < 4.78 is 27.1. The Labute approximate surface area is 127 Å². The highest BCUT2D eigenvalue weighted by Gasteiger charge is 2.15. The Bertz CT molecular complexity index is 991. The highest BCUT2D eigenvalue weighted by molar-refractivity contribution is 7.92. The molecule has 6 heteroatoms. The molecule has 3 aromatic rings. The molecule has 0 radical (unpaired) electrons. The van der Waals surface area contributed by atoms with Crippen molar-refractivity contribution in [1.82, 2.24) is 4.98 Å². The minimum absolute atomic E-state index is 0.0292. The molecule has 22 heavy (non-hydrogen) atoms. The maximum absolute atomic E-state index is 12.3. The van der Waals surface area contributed by atoms with Crippen molar-refractivity contribution >= 4 is 26.7 Å². The molecule has 0 atom stereocenters. The Morgan fingerprint density at radius 1 is 1.00 bits per heavy atom. The van der Waals surface area contributed by atoms with Crippen molar-refractivity contribution in [3.8, 4) is 6.07 Å². The van der Waals surface area contributed by atoms with E-state index in [0.717, 1.165) is 5.39 Å². The summed E-state index contributed by atoms with van der Waals surface area (Å²) >= 11 is 0. The Kier molecular flexibility index (Phi) is 3.49. The summed E-state index contributed by atoms with van der Waals surface area (Å²) in [5, 5.41) is 9.79.